The Kier molecular flexibility index (Phi) is 12.6. The number of fused-ring (bicyclic) bond motifs is 6. The Hall–Kier alpha value is -5.25. The van der Waals surface area contributed by atoms with E-state index in [0.717, 1.165) is 19.1 Å². The highest BCUT2D eigenvalue weighted by atomic mass is 19.4. The molecule has 1 N–H and O–H groups in total. The number of alkyl halides is 7. The van der Waals surface area contributed by atoms with Crippen LogP contribution in [0, 0.1) is 19.7 Å². The van der Waals surface area contributed by atoms with Gasteiger partial charge in [-0.25, -0.2) is 8.78 Å². The van der Waals surface area contributed by atoms with Crippen molar-refractivity contribution in [3.8, 4) is 22.6 Å². The molecule has 5 rings (SSSR count). The van der Waals surface area contributed by atoms with Crippen LogP contribution in [-0.4, -0.2) is 66.7 Å². The third-order valence-electron chi connectivity index (χ3n) is 9.50. The lowest BCUT2D eigenvalue weighted by Gasteiger charge is -2.35. The highest BCUT2D eigenvalue weighted by Gasteiger charge is 2.39. The van der Waals surface area contributed by atoms with Crippen molar-refractivity contribution in [3.05, 3.63) is 106 Å². The van der Waals surface area contributed by atoms with E-state index in [9.17, 15) is 45.1 Å². The van der Waals surface area contributed by atoms with Gasteiger partial charge in [-0.15, -0.1) is 0 Å². The molecule has 1 unspecified atom stereocenters. The number of halogens is 8. The van der Waals surface area contributed by atoms with Gasteiger partial charge in [0.2, 0.25) is 12.3 Å². The van der Waals surface area contributed by atoms with E-state index >= 15 is 4.39 Å². The molecule has 2 aliphatic rings. The molecule has 4 bridgehead atoms. The van der Waals surface area contributed by atoms with E-state index in [0.29, 0.717) is 39.9 Å². The first-order valence-corrected chi connectivity index (χ1v) is 17.6. The highest BCUT2D eigenvalue weighted by molar-refractivity contribution is 5.87. The van der Waals surface area contributed by atoms with Gasteiger partial charge in [0, 0.05) is 37.0 Å². The molecule has 0 aliphatic carbocycles. The molecule has 0 saturated carbocycles. The molecular formula is C40H39F8N3O5. The van der Waals surface area contributed by atoms with Crippen molar-refractivity contribution >= 4 is 18.3 Å². The van der Waals surface area contributed by atoms with E-state index < -0.39 is 89.2 Å². The summed E-state index contributed by atoms with van der Waals surface area (Å²) in [5.41, 5.74) is -2.52. The third kappa shape index (κ3) is 9.40. The molecule has 56 heavy (non-hydrogen) atoms. The number of carbonyl (C=O) groups is 3. The van der Waals surface area contributed by atoms with E-state index in [-0.39, 0.29) is 49.5 Å². The summed E-state index contributed by atoms with van der Waals surface area (Å²) >= 11 is 0. The van der Waals surface area contributed by atoms with Gasteiger partial charge in [0.05, 0.1) is 30.2 Å². The number of aryl methyl sites for hydroxylation is 2. The number of ether oxygens (including phenoxy) is 2. The van der Waals surface area contributed by atoms with Crippen LogP contribution in [0.15, 0.2) is 72.0 Å². The van der Waals surface area contributed by atoms with Gasteiger partial charge in [-0.1, -0.05) is 18.2 Å². The monoisotopic (exact) mass is 793 g/mol. The first kappa shape index (κ1) is 41.9. The second kappa shape index (κ2) is 16.9. The summed E-state index contributed by atoms with van der Waals surface area (Å²) in [5.74, 6) is -3.42. The summed E-state index contributed by atoms with van der Waals surface area (Å²) in [6, 6.07) is 6.08. The number of likely N-dealkylation sites (tertiary alicyclic amines) is 1. The second-order valence-corrected chi connectivity index (χ2v) is 13.5. The molecule has 2 aliphatic heterocycles. The maximum atomic E-state index is 16.1. The Balaban J connectivity index is 1.79. The molecule has 0 aromatic heterocycles. The first-order valence-electron chi connectivity index (χ1n) is 17.6. The molecule has 1 fully saturated rings. The van der Waals surface area contributed by atoms with Gasteiger partial charge in [0.15, 0.2) is 0 Å². The second-order valence-electron chi connectivity index (χ2n) is 13.5. The van der Waals surface area contributed by atoms with Crippen molar-refractivity contribution in [1.29, 1.82) is 0 Å². The zero-order chi connectivity index (χ0) is 41.1. The highest BCUT2D eigenvalue weighted by Crippen LogP contribution is 2.43. The normalized spacial score (nSPS) is 18.3. The topological polar surface area (TPSA) is 88.2 Å². The molecule has 16 heteroatoms. The number of amides is 2. The number of allylic oxidation sites excluding steroid dienone is 2. The van der Waals surface area contributed by atoms with Crippen molar-refractivity contribution in [2.45, 2.75) is 71.1 Å². The van der Waals surface area contributed by atoms with Crippen LogP contribution in [0.2, 0.25) is 0 Å². The Morgan fingerprint density at radius 3 is 2.38 bits per heavy atom. The number of hydrogen-bond acceptors (Lipinski definition) is 6. The van der Waals surface area contributed by atoms with Crippen LogP contribution in [0.5, 0.6) is 11.5 Å². The lowest BCUT2D eigenvalue weighted by molar-refractivity contribution is -0.144. The number of nitrogens with one attached hydrogen (secondary N) is 1. The van der Waals surface area contributed by atoms with E-state index in [2.05, 4.69) is 5.32 Å². The van der Waals surface area contributed by atoms with Crippen LogP contribution >= 0.6 is 0 Å². The van der Waals surface area contributed by atoms with Crippen molar-refractivity contribution in [2.24, 2.45) is 0 Å². The van der Waals surface area contributed by atoms with Crippen molar-refractivity contribution in [2.75, 3.05) is 26.2 Å². The lowest BCUT2D eigenvalue weighted by Crippen LogP contribution is -2.48. The largest absolute Gasteiger partial charge is 0.466 e. The summed E-state index contributed by atoms with van der Waals surface area (Å²) < 4.78 is 128. The predicted octanol–water partition coefficient (Wildman–Crippen LogP) is 8.98. The SMILES string of the molecule is C/C=C(\C(=C/N(C=O)C1C(=O)N[C@@H](CC(=O)OCC)c2cc(cc(C)c2F)-c2c(C)cccc2Oc2cc1cc(C(F)(F)F)c2)CCN1CC(F)C1)C(F)(F)F. The molecular weight excluding hydrogens is 754 g/mol. The summed E-state index contributed by atoms with van der Waals surface area (Å²) in [6.07, 6.45) is -10.9. The molecule has 0 spiro atoms. The summed E-state index contributed by atoms with van der Waals surface area (Å²) in [6.45, 7) is 5.46. The van der Waals surface area contributed by atoms with E-state index in [1.807, 2.05) is 0 Å². The molecule has 2 amide bonds. The van der Waals surface area contributed by atoms with Crippen LogP contribution in [0.4, 0.5) is 35.1 Å². The Morgan fingerprint density at radius 1 is 1.05 bits per heavy atom. The number of hydrogen-bond donors (Lipinski definition) is 1. The minimum atomic E-state index is -5.05. The van der Waals surface area contributed by atoms with Crippen LogP contribution in [0.1, 0.15) is 66.6 Å². The fraction of sp³-hybridized carbons (Fsp3) is 0.375. The van der Waals surface area contributed by atoms with Gasteiger partial charge in [-0.3, -0.25) is 19.3 Å². The van der Waals surface area contributed by atoms with Gasteiger partial charge in [0.1, 0.15) is 29.5 Å². The van der Waals surface area contributed by atoms with Crippen LogP contribution in [-0.2, 0) is 25.3 Å². The quantitative estimate of drug-likeness (QED) is 0.0955. The zero-order valence-corrected chi connectivity index (χ0v) is 30.8. The first-order chi connectivity index (χ1) is 26.3. The number of benzene rings is 3. The molecule has 1 saturated heterocycles. The smallest absolute Gasteiger partial charge is 0.416 e. The van der Waals surface area contributed by atoms with Crippen LogP contribution in [0.3, 0.4) is 0 Å². The van der Waals surface area contributed by atoms with Gasteiger partial charge < -0.3 is 19.7 Å². The molecule has 2 heterocycles. The Labute approximate surface area is 317 Å². The van der Waals surface area contributed by atoms with E-state index in [1.165, 1.54) is 36.9 Å². The predicted molar refractivity (Wildman–Crippen MR) is 189 cm³/mol. The maximum absolute atomic E-state index is 16.1. The summed E-state index contributed by atoms with van der Waals surface area (Å²) in [5, 5.41) is 2.49. The number of carbonyl (C=O) groups excluding carboxylic acids is 3. The van der Waals surface area contributed by atoms with Gasteiger partial charge in [0.25, 0.3) is 0 Å². The van der Waals surface area contributed by atoms with Crippen molar-refractivity contribution < 1.29 is 59.0 Å². The lowest BCUT2D eigenvalue weighted by atomic mass is 9.92. The number of rotatable bonds is 10. The van der Waals surface area contributed by atoms with Gasteiger partial charge >= 0.3 is 18.3 Å². The molecule has 2 atom stereocenters. The van der Waals surface area contributed by atoms with E-state index in [1.54, 1.807) is 19.1 Å². The van der Waals surface area contributed by atoms with Crippen molar-refractivity contribution in [3.63, 3.8) is 0 Å². The third-order valence-corrected chi connectivity index (χ3v) is 9.50. The van der Waals surface area contributed by atoms with Gasteiger partial charge in [-0.2, -0.15) is 26.3 Å². The average Bonchev–Trinajstić information content (AvgIpc) is 3.09. The molecule has 300 valence electrons. The minimum absolute atomic E-state index is 0.0294. The molecule has 0 radical (unpaired) electrons. The molecule has 3 aromatic carbocycles. The summed E-state index contributed by atoms with van der Waals surface area (Å²) in [7, 11) is 0. The maximum Gasteiger partial charge on any atom is 0.416 e. The minimum Gasteiger partial charge on any atom is -0.466 e. The van der Waals surface area contributed by atoms with Crippen LogP contribution < -0.4 is 10.1 Å². The molecule has 3 aromatic rings. The zero-order valence-electron chi connectivity index (χ0n) is 30.8. The Bertz CT molecular complexity index is 2040. The molecule has 8 nitrogen and oxygen atoms in total. The average molecular weight is 794 g/mol. The van der Waals surface area contributed by atoms with Crippen molar-refractivity contribution in [1.82, 2.24) is 15.1 Å². The Morgan fingerprint density at radius 2 is 1.77 bits per heavy atom. The summed E-state index contributed by atoms with van der Waals surface area (Å²) in [4.78, 5) is 42.4. The van der Waals surface area contributed by atoms with Crippen LogP contribution in [0.25, 0.3) is 11.1 Å². The number of esters is 1. The fourth-order valence-corrected chi connectivity index (χ4v) is 6.87. The van der Waals surface area contributed by atoms with E-state index in [4.69, 9.17) is 9.47 Å². The standard InChI is InChI=1S/C40H39F8N3O5/c1-5-31(40(46,47)48)24(10-11-50-19-28(41)20-50)18-51(21-52)37-26-13-27(39(43,44)45)16-29(14-26)56-33-9-7-8-22(3)35(33)25-12-23(4)36(42)30(15-25)32(49-38(37)54)17-34(53)55-6-2/h5,7-9,12-16,18,21,28,32,37H,6,10-11,17,19-20H2,1-4H3,(H,49,54)/b24-18-,31-5+/t32-,37?/m0/s1. The number of nitrogens with zero attached hydrogens (tertiary/aromatic N) is 2. The van der Waals surface area contributed by atoms with Gasteiger partial charge in [-0.05, 0) is 98.3 Å². The fourth-order valence-electron chi connectivity index (χ4n) is 6.87.